The molecule has 9 amide bonds. The predicted molar refractivity (Wildman–Crippen MR) is 321 cm³/mol. The molecule has 0 fully saturated rings. The summed E-state index contributed by atoms with van der Waals surface area (Å²) in [4.78, 5) is 156. The quantitative estimate of drug-likeness (QED) is 0.0134. The lowest BCUT2D eigenvalue weighted by atomic mass is 10.00. The van der Waals surface area contributed by atoms with E-state index < -0.39 is 157 Å². The molecule has 0 saturated heterocycles. The molecule has 482 valence electrons. The third kappa shape index (κ3) is 25.9. The van der Waals surface area contributed by atoms with E-state index in [4.69, 9.17) is 22.9 Å². The summed E-state index contributed by atoms with van der Waals surface area (Å²) >= 11 is 4.00. The third-order valence-corrected chi connectivity index (χ3v) is 13.9. The Morgan fingerprint density at radius 1 is 0.581 bits per heavy atom. The lowest BCUT2D eigenvalue weighted by Gasteiger charge is -2.29. The number of aromatic nitrogens is 1. The van der Waals surface area contributed by atoms with Crippen molar-refractivity contribution >= 4 is 94.6 Å². The molecule has 1 heterocycles. The van der Waals surface area contributed by atoms with Crippen molar-refractivity contribution in [2.75, 3.05) is 25.4 Å². The van der Waals surface area contributed by atoms with Gasteiger partial charge in [0.2, 0.25) is 53.2 Å². The first kappa shape index (κ1) is 74.5. The number of rotatable bonds is 40. The summed E-state index contributed by atoms with van der Waals surface area (Å²) in [5.41, 5.74) is 24.1. The smallest absolute Gasteiger partial charge is 0.327 e. The van der Waals surface area contributed by atoms with Crippen molar-refractivity contribution in [2.24, 2.45) is 45.7 Å². The fourth-order valence-corrected chi connectivity index (χ4v) is 9.08. The molecule has 31 heteroatoms. The molecule has 22 N–H and O–H groups in total. The van der Waals surface area contributed by atoms with Gasteiger partial charge in [0.15, 0.2) is 5.96 Å². The molecule has 0 saturated carbocycles. The molecule has 2 rings (SSSR count). The number of hydrogen-bond acceptors (Lipinski definition) is 17. The maximum Gasteiger partial charge on any atom is 0.327 e. The number of nitrogens with one attached hydrogen (secondary N) is 10. The van der Waals surface area contributed by atoms with Gasteiger partial charge in [-0.1, -0.05) is 59.7 Å². The van der Waals surface area contributed by atoms with E-state index in [1.807, 2.05) is 13.8 Å². The topological polar surface area (TPSA) is 509 Å². The van der Waals surface area contributed by atoms with E-state index in [-0.39, 0.29) is 75.2 Å². The van der Waals surface area contributed by atoms with Crippen LogP contribution in [-0.2, 0) is 59.2 Å². The van der Waals surface area contributed by atoms with Crippen LogP contribution in [-0.4, -0.2) is 188 Å². The SMILES string of the molecule is CC(C)C[C@H](NC(=O)[C@@H](N)CC(C)C)C(=O)N[C@H](C(=O)N[C@@H](CCC(=O)O)C(=O)N[C@@H](CCCCN)C(=O)N[C@@H](CO)C(=O)N[C@@H](CCCN=C(N)N)C(=O)N[C@@H](Cc1c[nH]c2ccccc12)C(=O)N[C@H](C(=O)N[C@@H](CS)C(=O)O)C(C)C)[C@@H](C)O. The number of amides is 9. The molecule has 1 aromatic heterocycles. The number of guanidine groups is 1. The van der Waals surface area contributed by atoms with Crippen molar-refractivity contribution in [3.8, 4) is 0 Å². The highest BCUT2D eigenvalue weighted by atomic mass is 32.1. The van der Waals surface area contributed by atoms with Crippen molar-refractivity contribution in [1.29, 1.82) is 0 Å². The number of unbranched alkanes of at least 4 members (excludes halogenated alkanes) is 1. The number of carbonyl (C=O) groups is 11. The normalized spacial score (nSPS) is 15.2. The zero-order valence-electron chi connectivity index (χ0n) is 49.9. The molecular formula is C55H91N15O15S. The molecule has 11 atom stereocenters. The molecule has 2 aromatic rings. The summed E-state index contributed by atoms with van der Waals surface area (Å²) in [7, 11) is 0. The summed E-state index contributed by atoms with van der Waals surface area (Å²) < 4.78 is 0. The number of aliphatic hydroxyl groups excluding tert-OH is 2. The van der Waals surface area contributed by atoms with Crippen LogP contribution in [0.25, 0.3) is 10.9 Å². The predicted octanol–water partition coefficient (Wildman–Crippen LogP) is -3.42. The molecule has 0 radical (unpaired) electrons. The number of carbonyl (C=O) groups excluding carboxylic acids is 9. The second-order valence-corrected chi connectivity index (χ2v) is 22.5. The Balaban J connectivity index is 2.51. The largest absolute Gasteiger partial charge is 0.481 e. The van der Waals surface area contributed by atoms with Crippen LogP contribution in [0.5, 0.6) is 0 Å². The maximum absolute atomic E-state index is 14.5. The summed E-state index contributed by atoms with van der Waals surface area (Å²) in [6.45, 7) is 10.7. The number of aliphatic carboxylic acids is 2. The van der Waals surface area contributed by atoms with Crippen LogP contribution >= 0.6 is 12.6 Å². The molecule has 0 unspecified atom stereocenters. The van der Waals surface area contributed by atoms with Gasteiger partial charge in [0.1, 0.15) is 54.4 Å². The lowest BCUT2D eigenvalue weighted by molar-refractivity contribution is -0.142. The van der Waals surface area contributed by atoms with Gasteiger partial charge in [-0.3, -0.25) is 52.9 Å². The number of hydrogen-bond donors (Lipinski definition) is 19. The van der Waals surface area contributed by atoms with Gasteiger partial charge in [-0.15, -0.1) is 0 Å². The first-order chi connectivity index (χ1) is 40.4. The van der Waals surface area contributed by atoms with E-state index in [1.54, 1.807) is 58.2 Å². The second kappa shape index (κ2) is 37.7. The number of nitrogens with two attached hydrogens (primary N) is 4. The van der Waals surface area contributed by atoms with Crippen LogP contribution in [0.2, 0.25) is 0 Å². The molecule has 0 spiro atoms. The Hall–Kier alpha value is -7.61. The number of aliphatic hydroxyl groups is 2. The fourth-order valence-electron chi connectivity index (χ4n) is 8.84. The number of aromatic amines is 1. The van der Waals surface area contributed by atoms with Crippen LogP contribution in [0.4, 0.5) is 0 Å². The van der Waals surface area contributed by atoms with Crippen molar-refractivity contribution in [3.63, 3.8) is 0 Å². The van der Waals surface area contributed by atoms with Gasteiger partial charge in [-0.05, 0) is 94.2 Å². The number of para-hydroxylation sites is 1. The van der Waals surface area contributed by atoms with Gasteiger partial charge in [0, 0.05) is 42.2 Å². The minimum absolute atomic E-state index is 0.0426. The zero-order chi connectivity index (χ0) is 65.0. The van der Waals surface area contributed by atoms with Crippen LogP contribution in [0.1, 0.15) is 112 Å². The fraction of sp³-hybridized carbons (Fsp3) is 0.636. The van der Waals surface area contributed by atoms with Crippen molar-refractivity contribution in [2.45, 2.75) is 179 Å². The van der Waals surface area contributed by atoms with E-state index in [2.05, 4.69) is 70.5 Å². The van der Waals surface area contributed by atoms with E-state index >= 15 is 0 Å². The van der Waals surface area contributed by atoms with Gasteiger partial charge in [-0.25, -0.2) is 4.79 Å². The molecule has 0 aliphatic rings. The average Bonchev–Trinajstić information content (AvgIpc) is 3.81. The zero-order valence-corrected chi connectivity index (χ0v) is 50.7. The van der Waals surface area contributed by atoms with Crippen LogP contribution < -0.4 is 70.8 Å². The summed E-state index contributed by atoms with van der Waals surface area (Å²) in [5.74, 6) is -12.6. The molecule has 0 aliphatic heterocycles. The first-order valence-electron chi connectivity index (χ1n) is 28.6. The van der Waals surface area contributed by atoms with Crippen molar-refractivity contribution in [3.05, 3.63) is 36.0 Å². The number of carboxylic acid groups (broad SMARTS) is 2. The van der Waals surface area contributed by atoms with Gasteiger partial charge in [0.05, 0.1) is 18.8 Å². The monoisotopic (exact) mass is 1230 g/mol. The minimum Gasteiger partial charge on any atom is -0.481 e. The van der Waals surface area contributed by atoms with Crippen molar-refractivity contribution < 1.29 is 73.2 Å². The number of fused-ring (bicyclic) bond motifs is 1. The Kier molecular flexibility index (Phi) is 32.7. The van der Waals surface area contributed by atoms with E-state index in [0.717, 1.165) is 0 Å². The summed E-state index contributed by atoms with van der Waals surface area (Å²) in [5, 5.41) is 63.5. The second-order valence-electron chi connectivity index (χ2n) is 22.2. The Bertz CT molecular complexity index is 2630. The van der Waals surface area contributed by atoms with E-state index in [0.29, 0.717) is 29.3 Å². The Labute approximate surface area is 505 Å². The number of aliphatic imine (C=N–C) groups is 1. The highest BCUT2D eigenvalue weighted by molar-refractivity contribution is 7.80. The summed E-state index contributed by atoms with van der Waals surface area (Å²) in [6.07, 6.45) is -0.854. The number of nitrogens with zero attached hydrogens (tertiary/aromatic N) is 1. The molecule has 0 bridgehead atoms. The van der Waals surface area contributed by atoms with Crippen LogP contribution in [0, 0.1) is 17.8 Å². The highest BCUT2D eigenvalue weighted by Gasteiger charge is 2.37. The highest BCUT2D eigenvalue weighted by Crippen LogP contribution is 2.20. The number of H-pyrrole nitrogens is 1. The van der Waals surface area contributed by atoms with Gasteiger partial charge in [0.25, 0.3) is 0 Å². The third-order valence-electron chi connectivity index (χ3n) is 13.5. The first-order valence-corrected chi connectivity index (χ1v) is 29.2. The average molecular weight is 1230 g/mol. The number of benzene rings is 1. The number of thiol groups is 1. The molecule has 1 aromatic carbocycles. The minimum atomic E-state index is -1.83. The standard InChI is InChI=1S/C55H91N15O15S/c1-27(2)21-33(57)45(75)65-38(22-28(3)4)49(79)70-44(30(7)72)53(83)64-37(17-18-42(73)74)48(78)62-35(15-10-11-19-56)47(77)67-40(25-71)51(81)63-36(16-12-20-60-55(58)59)46(76)66-39(23-31-24-61-34-14-9-8-13-32(31)34)50(80)69-43(29(5)6)52(82)68-41(26-86)54(84)85/h8-9,13-14,24,27-30,33,35-41,43-44,61,71-72,86H,10-12,15-23,25-26,56-57H2,1-7H3,(H,62,78)(H,63,81)(H,64,83)(H,65,75)(H,66,76)(H,67,77)(H,68,82)(H,69,80)(H,70,79)(H,73,74)(H,84,85)(H4,58,59,60)/t30-,33+,35+,36+,37+,38+,39+,40+,41+,43+,44+/m1/s1. The Morgan fingerprint density at radius 2 is 1.06 bits per heavy atom. The van der Waals surface area contributed by atoms with E-state index in [9.17, 15) is 73.2 Å². The van der Waals surface area contributed by atoms with E-state index in [1.165, 1.54) is 6.92 Å². The molecular weight excluding hydrogens is 1140 g/mol. The number of carboxylic acids is 2. The van der Waals surface area contributed by atoms with Crippen LogP contribution in [0.3, 0.4) is 0 Å². The molecule has 0 aliphatic carbocycles. The molecule has 86 heavy (non-hydrogen) atoms. The Morgan fingerprint density at radius 3 is 1.58 bits per heavy atom. The van der Waals surface area contributed by atoms with Gasteiger partial charge >= 0.3 is 11.9 Å². The van der Waals surface area contributed by atoms with Crippen LogP contribution in [0.15, 0.2) is 35.5 Å². The maximum atomic E-state index is 14.5. The molecule has 30 nitrogen and oxygen atoms in total. The van der Waals surface area contributed by atoms with Crippen molar-refractivity contribution in [1.82, 2.24) is 52.8 Å². The summed E-state index contributed by atoms with van der Waals surface area (Å²) in [6, 6.07) is -7.70. The lowest BCUT2D eigenvalue weighted by Crippen LogP contribution is -2.62. The van der Waals surface area contributed by atoms with Gasteiger partial charge < -0.3 is 96.2 Å². The van der Waals surface area contributed by atoms with Gasteiger partial charge in [-0.2, -0.15) is 12.6 Å².